The fourth-order valence-corrected chi connectivity index (χ4v) is 5.11. The number of carbonyl (C=O) groups excluding carboxylic acids is 3. The molecule has 4 rings (SSSR count). The van der Waals surface area contributed by atoms with Crippen LogP contribution in [-0.4, -0.2) is 46.9 Å². The fraction of sp³-hybridized carbons (Fsp3) is 0.200. The van der Waals surface area contributed by atoms with E-state index >= 15 is 0 Å². The molecule has 2 heterocycles. The molecule has 0 spiro atoms. The number of ketones is 1. The standard InChI is InChI=1S/C25H21N3O8S/c1-12-10-16(35-3)8-9-17(12)20(29)18-19(14-6-5-7-15(11-14)28(33)34)27(23(31)21(18)30)25-26-13(2)22(37-25)24(32)36-4/h5-11,19,29H,1-4H3/b20-18+. The van der Waals surface area contributed by atoms with Gasteiger partial charge < -0.3 is 14.6 Å². The van der Waals surface area contributed by atoms with Gasteiger partial charge in [0.2, 0.25) is 0 Å². The molecule has 0 saturated carbocycles. The number of anilines is 1. The van der Waals surface area contributed by atoms with Gasteiger partial charge in [-0.3, -0.25) is 24.6 Å². The van der Waals surface area contributed by atoms with Crippen molar-refractivity contribution in [3.63, 3.8) is 0 Å². The molecule has 1 unspecified atom stereocenters. The minimum atomic E-state index is -1.25. The highest BCUT2D eigenvalue weighted by molar-refractivity contribution is 7.17. The molecule has 0 radical (unpaired) electrons. The van der Waals surface area contributed by atoms with Crippen LogP contribution < -0.4 is 9.64 Å². The maximum Gasteiger partial charge on any atom is 0.350 e. The van der Waals surface area contributed by atoms with Gasteiger partial charge in [0.15, 0.2) is 5.13 Å². The van der Waals surface area contributed by atoms with Crippen LogP contribution in [0.15, 0.2) is 48.0 Å². The normalized spacial score (nSPS) is 16.6. The number of benzene rings is 2. The van der Waals surface area contributed by atoms with Gasteiger partial charge in [0.1, 0.15) is 16.4 Å². The summed E-state index contributed by atoms with van der Waals surface area (Å²) in [5, 5.41) is 22.8. The number of aryl methyl sites for hydroxylation is 2. The minimum Gasteiger partial charge on any atom is -0.507 e. The number of methoxy groups -OCH3 is 2. The molecule has 1 saturated heterocycles. The molecule has 1 fully saturated rings. The number of hydrogen-bond acceptors (Lipinski definition) is 10. The summed E-state index contributed by atoms with van der Waals surface area (Å²) in [6.45, 7) is 3.24. The second-order valence-electron chi connectivity index (χ2n) is 8.10. The van der Waals surface area contributed by atoms with Crippen LogP contribution in [0.2, 0.25) is 0 Å². The summed E-state index contributed by atoms with van der Waals surface area (Å²) in [7, 11) is 2.69. The second-order valence-corrected chi connectivity index (χ2v) is 9.08. The Morgan fingerprint density at radius 2 is 1.89 bits per heavy atom. The number of aromatic nitrogens is 1. The Morgan fingerprint density at radius 1 is 1.16 bits per heavy atom. The van der Waals surface area contributed by atoms with Crippen LogP contribution in [-0.2, 0) is 14.3 Å². The van der Waals surface area contributed by atoms with E-state index in [0.717, 1.165) is 16.2 Å². The average molecular weight is 524 g/mol. The zero-order valence-corrected chi connectivity index (χ0v) is 21.0. The van der Waals surface area contributed by atoms with Crippen LogP contribution in [0.3, 0.4) is 0 Å². The molecule has 190 valence electrons. The van der Waals surface area contributed by atoms with Gasteiger partial charge in [-0.2, -0.15) is 0 Å². The zero-order chi connectivity index (χ0) is 27.0. The number of esters is 1. The Morgan fingerprint density at radius 3 is 2.51 bits per heavy atom. The lowest BCUT2D eigenvalue weighted by atomic mass is 9.93. The third kappa shape index (κ3) is 4.42. The van der Waals surface area contributed by atoms with Gasteiger partial charge in [-0.05, 0) is 43.2 Å². The van der Waals surface area contributed by atoms with E-state index in [1.807, 2.05) is 0 Å². The number of aliphatic hydroxyl groups excluding tert-OH is 1. The largest absolute Gasteiger partial charge is 0.507 e. The molecule has 0 aliphatic carbocycles. The molecule has 0 bridgehead atoms. The van der Waals surface area contributed by atoms with E-state index in [0.29, 0.717) is 11.3 Å². The average Bonchev–Trinajstić information content (AvgIpc) is 3.39. The van der Waals surface area contributed by atoms with E-state index in [1.165, 1.54) is 38.5 Å². The summed E-state index contributed by atoms with van der Waals surface area (Å²) >= 11 is 0.834. The van der Waals surface area contributed by atoms with Crippen LogP contribution in [0.1, 0.15) is 38.1 Å². The predicted octanol–water partition coefficient (Wildman–Crippen LogP) is 4.09. The molecule has 1 atom stereocenters. The Labute approximate surface area is 214 Å². The number of Topliss-reactive ketones (excluding diaryl/α,β-unsaturated/α-hetero) is 1. The molecule has 1 aliphatic heterocycles. The smallest absolute Gasteiger partial charge is 0.350 e. The van der Waals surface area contributed by atoms with Crippen molar-refractivity contribution in [3.8, 4) is 5.75 Å². The summed E-state index contributed by atoms with van der Waals surface area (Å²) in [4.78, 5) is 55.2. The van der Waals surface area contributed by atoms with E-state index in [4.69, 9.17) is 9.47 Å². The van der Waals surface area contributed by atoms with Crippen molar-refractivity contribution < 1.29 is 33.9 Å². The number of ether oxygens (including phenoxy) is 2. The van der Waals surface area contributed by atoms with Crippen LogP contribution in [0.25, 0.3) is 5.76 Å². The molecule has 2 aromatic carbocycles. The third-order valence-electron chi connectivity index (χ3n) is 5.89. The number of nitro benzene ring substituents is 1. The number of carbonyl (C=O) groups is 3. The van der Waals surface area contributed by atoms with Crippen molar-refractivity contribution in [2.45, 2.75) is 19.9 Å². The predicted molar refractivity (Wildman–Crippen MR) is 134 cm³/mol. The highest BCUT2D eigenvalue weighted by Crippen LogP contribution is 2.44. The van der Waals surface area contributed by atoms with Gasteiger partial charge in [0.05, 0.1) is 36.5 Å². The van der Waals surface area contributed by atoms with E-state index in [2.05, 4.69) is 4.98 Å². The van der Waals surface area contributed by atoms with Gasteiger partial charge in [-0.15, -0.1) is 0 Å². The number of thiazole rings is 1. The first-order chi connectivity index (χ1) is 17.6. The number of hydrogen-bond donors (Lipinski definition) is 1. The molecule has 3 aromatic rings. The van der Waals surface area contributed by atoms with E-state index < -0.39 is 34.4 Å². The lowest BCUT2D eigenvalue weighted by Crippen LogP contribution is -2.29. The summed E-state index contributed by atoms with van der Waals surface area (Å²) in [6.07, 6.45) is 0. The van der Waals surface area contributed by atoms with Crippen molar-refractivity contribution >= 4 is 45.6 Å². The minimum absolute atomic E-state index is 0.00186. The van der Waals surface area contributed by atoms with Crippen molar-refractivity contribution in [3.05, 3.63) is 85.4 Å². The first-order valence-corrected chi connectivity index (χ1v) is 11.7. The SMILES string of the molecule is COC(=O)c1sc(N2C(=O)C(=O)/C(=C(/O)c3ccc(OC)cc3C)C2c2cccc([N+](=O)[O-])c2)nc1C. The van der Waals surface area contributed by atoms with Crippen LogP contribution in [0.4, 0.5) is 10.8 Å². The first-order valence-electron chi connectivity index (χ1n) is 10.8. The molecular weight excluding hydrogens is 502 g/mol. The molecule has 1 amide bonds. The quantitative estimate of drug-likeness (QED) is 0.126. The van der Waals surface area contributed by atoms with Gasteiger partial charge in [-0.25, -0.2) is 9.78 Å². The van der Waals surface area contributed by atoms with Gasteiger partial charge in [-0.1, -0.05) is 23.5 Å². The number of nitrogens with zero attached hydrogens (tertiary/aromatic N) is 3. The lowest BCUT2D eigenvalue weighted by Gasteiger charge is -2.23. The maximum absolute atomic E-state index is 13.3. The van der Waals surface area contributed by atoms with Gasteiger partial charge >= 0.3 is 11.9 Å². The van der Waals surface area contributed by atoms with Crippen molar-refractivity contribution in [2.75, 3.05) is 19.1 Å². The molecule has 1 aliphatic rings. The summed E-state index contributed by atoms with van der Waals surface area (Å²) in [5.41, 5.74) is 0.783. The topological polar surface area (TPSA) is 149 Å². The van der Waals surface area contributed by atoms with Crippen molar-refractivity contribution in [1.29, 1.82) is 0 Å². The number of nitro groups is 1. The highest BCUT2D eigenvalue weighted by Gasteiger charge is 2.49. The van der Waals surface area contributed by atoms with Crippen LogP contribution in [0, 0.1) is 24.0 Å². The number of rotatable bonds is 6. The van der Waals surface area contributed by atoms with E-state index in [1.54, 1.807) is 32.0 Å². The molecular formula is C25H21N3O8S. The molecule has 11 nitrogen and oxygen atoms in total. The summed E-state index contributed by atoms with van der Waals surface area (Å²) in [6, 6.07) is 8.95. The summed E-state index contributed by atoms with van der Waals surface area (Å²) in [5.74, 6) is -2.61. The number of non-ortho nitro benzene ring substituents is 1. The molecule has 1 N–H and O–H groups in total. The monoisotopic (exact) mass is 523 g/mol. The van der Waals surface area contributed by atoms with Crippen molar-refractivity contribution in [2.24, 2.45) is 0 Å². The highest BCUT2D eigenvalue weighted by atomic mass is 32.1. The summed E-state index contributed by atoms with van der Waals surface area (Å²) < 4.78 is 9.97. The lowest BCUT2D eigenvalue weighted by molar-refractivity contribution is -0.384. The molecule has 37 heavy (non-hydrogen) atoms. The Hall–Kier alpha value is -4.58. The number of aliphatic hydroxyl groups is 1. The Bertz CT molecular complexity index is 1490. The van der Waals surface area contributed by atoms with Gasteiger partial charge in [0, 0.05) is 17.7 Å². The van der Waals surface area contributed by atoms with Gasteiger partial charge in [0.25, 0.3) is 11.5 Å². The molecule has 1 aromatic heterocycles. The Kier molecular flexibility index (Phi) is 6.77. The number of amides is 1. The van der Waals surface area contributed by atoms with E-state index in [-0.39, 0.29) is 38.1 Å². The van der Waals surface area contributed by atoms with Crippen LogP contribution in [0.5, 0.6) is 5.75 Å². The first kappa shape index (κ1) is 25.5. The second kappa shape index (κ2) is 9.82. The zero-order valence-electron chi connectivity index (χ0n) is 20.2. The third-order valence-corrected chi connectivity index (χ3v) is 7.03. The fourth-order valence-electron chi connectivity index (χ4n) is 4.09. The maximum atomic E-state index is 13.3. The van der Waals surface area contributed by atoms with E-state index in [9.17, 15) is 29.6 Å². The molecule has 12 heteroatoms. The Balaban J connectivity index is 1.98. The van der Waals surface area contributed by atoms with Crippen LogP contribution >= 0.6 is 11.3 Å². The van der Waals surface area contributed by atoms with Crippen molar-refractivity contribution in [1.82, 2.24) is 4.98 Å².